The Labute approximate surface area is 119 Å². The number of fused-ring (bicyclic) bond motifs is 3. The largest absolute Gasteiger partial charge is 0.287 e. The summed E-state index contributed by atoms with van der Waals surface area (Å²) < 4.78 is 0. The van der Waals surface area contributed by atoms with Crippen LogP contribution in [0.5, 0.6) is 0 Å². The topological polar surface area (TPSA) is 17.1 Å². The van der Waals surface area contributed by atoms with Crippen LogP contribution in [0.25, 0.3) is 11.1 Å². The molecule has 3 rings (SSSR count). The molecule has 0 N–H and O–H groups in total. The zero-order chi connectivity index (χ0) is 13.4. The van der Waals surface area contributed by atoms with Gasteiger partial charge in [-0.25, -0.2) is 0 Å². The van der Waals surface area contributed by atoms with Crippen molar-refractivity contribution < 1.29 is 4.79 Å². The summed E-state index contributed by atoms with van der Waals surface area (Å²) in [7, 11) is 0. The summed E-state index contributed by atoms with van der Waals surface area (Å²) >= 11 is 3.94. The molecule has 1 unspecified atom stereocenters. The highest BCUT2D eigenvalue weighted by atomic mass is 32.1. The number of thiol groups is 1. The zero-order valence-corrected chi connectivity index (χ0v) is 11.8. The molecule has 1 aliphatic rings. The third-order valence-corrected chi connectivity index (χ3v) is 4.34. The van der Waals surface area contributed by atoms with E-state index in [1.165, 1.54) is 27.8 Å². The molecule has 0 aromatic heterocycles. The van der Waals surface area contributed by atoms with Crippen LogP contribution in [-0.4, -0.2) is 5.12 Å². The van der Waals surface area contributed by atoms with E-state index in [1.807, 2.05) is 6.92 Å². The number of benzene rings is 2. The molecule has 2 aromatic rings. The summed E-state index contributed by atoms with van der Waals surface area (Å²) in [5.41, 5.74) is 6.71. The van der Waals surface area contributed by atoms with Gasteiger partial charge in [-0.15, -0.1) is 12.6 Å². The van der Waals surface area contributed by atoms with Crippen LogP contribution in [0.4, 0.5) is 0 Å². The summed E-state index contributed by atoms with van der Waals surface area (Å²) in [6.45, 7) is 1.94. The van der Waals surface area contributed by atoms with E-state index >= 15 is 0 Å². The Hall–Kier alpha value is -1.54. The molecule has 1 aliphatic carbocycles. The van der Waals surface area contributed by atoms with Crippen molar-refractivity contribution in [3.8, 4) is 11.1 Å². The minimum atomic E-state index is -0.0342. The van der Waals surface area contributed by atoms with Crippen molar-refractivity contribution >= 4 is 17.7 Å². The number of carbonyl (C=O) groups is 1. The van der Waals surface area contributed by atoms with Crippen LogP contribution < -0.4 is 0 Å². The third kappa shape index (κ3) is 2.21. The first-order valence-corrected chi connectivity index (χ1v) is 7.03. The molecule has 0 aliphatic heterocycles. The molecule has 1 nitrogen and oxygen atoms in total. The highest BCUT2D eigenvalue weighted by molar-refractivity contribution is 7.96. The van der Waals surface area contributed by atoms with Crippen molar-refractivity contribution in [3.05, 3.63) is 59.2 Å². The van der Waals surface area contributed by atoms with Crippen LogP contribution >= 0.6 is 12.6 Å². The number of hydrogen-bond acceptors (Lipinski definition) is 1. The maximum atomic E-state index is 11.3. The van der Waals surface area contributed by atoms with E-state index in [0.717, 1.165) is 12.8 Å². The molecule has 2 aromatic carbocycles. The predicted octanol–water partition coefficient (Wildman–Crippen LogP) is 3.89. The molecular weight excluding hydrogens is 252 g/mol. The molecule has 96 valence electrons. The average Bonchev–Trinajstić information content (AvgIpc) is 2.78. The van der Waals surface area contributed by atoms with Gasteiger partial charge in [-0.3, -0.25) is 4.79 Å². The van der Waals surface area contributed by atoms with Crippen LogP contribution in [0.3, 0.4) is 0 Å². The van der Waals surface area contributed by atoms with Gasteiger partial charge in [0.1, 0.15) is 0 Å². The maximum Gasteiger partial charge on any atom is 0.189 e. The molecule has 0 saturated heterocycles. The molecule has 2 heteroatoms. The normalized spacial score (nSPS) is 13.8. The first-order chi connectivity index (χ1) is 9.16. The standard InChI is InChI=1S/C17H16OS/c1-11(17(18)19)9-12-6-4-8-15-14-7-3-2-5-13(14)10-16(12)15/h2-8,11H,9-10H2,1H3,(H,18,19). The Morgan fingerprint density at radius 3 is 2.68 bits per heavy atom. The molecule has 0 fully saturated rings. The van der Waals surface area contributed by atoms with Gasteiger partial charge in [0.2, 0.25) is 0 Å². The Bertz CT molecular complexity index is 645. The van der Waals surface area contributed by atoms with Crippen molar-refractivity contribution in [3.63, 3.8) is 0 Å². The smallest absolute Gasteiger partial charge is 0.189 e. The fourth-order valence-corrected chi connectivity index (χ4v) is 2.92. The molecule has 0 spiro atoms. The van der Waals surface area contributed by atoms with Crippen LogP contribution in [0.1, 0.15) is 23.6 Å². The lowest BCUT2D eigenvalue weighted by Crippen LogP contribution is -2.09. The highest BCUT2D eigenvalue weighted by Gasteiger charge is 2.21. The van der Waals surface area contributed by atoms with Gasteiger partial charge >= 0.3 is 0 Å². The van der Waals surface area contributed by atoms with Crippen molar-refractivity contribution in [2.45, 2.75) is 19.8 Å². The van der Waals surface area contributed by atoms with E-state index in [9.17, 15) is 4.79 Å². The monoisotopic (exact) mass is 268 g/mol. The average molecular weight is 268 g/mol. The van der Waals surface area contributed by atoms with Crippen LogP contribution in [0.15, 0.2) is 42.5 Å². The minimum Gasteiger partial charge on any atom is -0.287 e. The first-order valence-electron chi connectivity index (χ1n) is 6.58. The van der Waals surface area contributed by atoms with Gasteiger partial charge in [-0.05, 0) is 40.7 Å². The van der Waals surface area contributed by atoms with Crippen LogP contribution in [0, 0.1) is 5.92 Å². The quantitative estimate of drug-likeness (QED) is 0.713. The van der Waals surface area contributed by atoms with E-state index in [4.69, 9.17) is 0 Å². The second kappa shape index (κ2) is 4.86. The third-order valence-electron chi connectivity index (χ3n) is 3.90. The SMILES string of the molecule is CC(Cc1cccc2c1Cc1ccccc1-2)C(=O)S. The Kier molecular flexibility index (Phi) is 3.19. The summed E-state index contributed by atoms with van der Waals surface area (Å²) in [6.07, 6.45) is 1.76. The van der Waals surface area contributed by atoms with Crippen molar-refractivity contribution in [2.24, 2.45) is 5.92 Å². The van der Waals surface area contributed by atoms with Crippen molar-refractivity contribution in [2.75, 3.05) is 0 Å². The molecule has 0 saturated carbocycles. The van der Waals surface area contributed by atoms with Gasteiger partial charge in [-0.2, -0.15) is 0 Å². The summed E-state index contributed by atoms with van der Waals surface area (Å²) in [4.78, 5) is 11.3. The van der Waals surface area contributed by atoms with Gasteiger partial charge in [0.15, 0.2) is 5.12 Å². The molecule has 0 amide bonds. The molecular formula is C17H16OS. The van der Waals surface area contributed by atoms with E-state index in [-0.39, 0.29) is 11.0 Å². The molecule has 19 heavy (non-hydrogen) atoms. The highest BCUT2D eigenvalue weighted by Crippen LogP contribution is 2.38. The Morgan fingerprint density at radius 2 is 1.89 bits per heavy atom. The Morgan fingerprint density at radius 1 is 1.16 bits per heavy atom. The molecule has 0 heterocycles. The van der Waals surface area contributed by atoms with Crippen LogP contribution in [0.2, 0.25) is 0 Å². The molecule has 0 radical (unpaired) electrons. The van der Waals surface area contributed by atoms with E-state index in [2.05, 4.69) is 55.1 Å². The van der Waals surface area contributed by atoms with Gasteiger partial charge in [-0.1, -0.05) is 49.4 Å². The van der Waals surface area contributed by atoms with E-state index in [0.29, 0.717) is 0 Å². The van der Waals surface area contributed by atoms with E-state index < -0.39 is 0 Å². The zero-order valence-electron chi connectivity index (χ0n) is 10.9. The fraction of sp³-hybridized carbons (Fsp3) is 0.235. The maximum absolute atomic E-state index is 11.3. The van der Waals surface area contributed by atoms with Gasteiger partial charge in [0, 0.05) is 5.92 Å². The summed E-state index contributed by atoms with van der Waals surface area (Å²) in [5, 5.41) is -0.0342. The lowest BCUT2D eigenvalue weighted by molar-refractivity contribution is -0.113. The van der Waals surface area contributed by atoms with E-state index in [1.54, 1.807) is 0 Å². The fourth-order valence-electron chi connectivity index (χ4n) is 2.83. The van der Waals surface area contributed by atoms with Crippen molar-refractivity contribution in [1.29, 1.82) is 0 Å². The Balaban J connectivity index is 2.01. The lowest BCUT2D eigenvalue weighted by Gasteiger charge is -2.11. The van der Waals surface area contributed by atoms with Gasteiger partial charge in [0.25, 0.3) is 0 Å². The number of carbonyl (C=O) groups excluding carboxylic acids is 1. The number of rotatable bonds is 3. The number of hydrogen-bond donors (Lipinski definition) is 1. The molecule has 0 bridgehead atoms. The predicted molar refractivity (Wildman–Crippen MR) is 81.5 cm³/mol. The lowest BCUT2D eigenvalue weighted by atomic mass is 9.94. The summed E-state index contributed by atoms with van der Waals surface area (Å²) in [6, 6.07) is 14.9. The van der Waals surface area contributed by atoms with Crippen LogP contribution in [-0.2, 0) is 17.6 Å². The molecule has 1 atom stereocenters. The minimum absolute atomic E-state index is 0.0291. The second-order valence-corrected chi connectivity index (χ2v) is 5.66. The van der Waals surface area contributed by atoms with Crippen molar-refractivity contribution in [1.82, 2.24) is 0 Å². The van der Waals surface area contributed by atoms with Gasteiger partial charge in [0.05, 0.1) is 0 Å². The second-order valence-electron chi connectivity index (χ2n) is 5.22. The first kappa shape index (κ1) is 12.5. The summed E-state index contributed by atoms with van der Waals surface area (Å²) in [5.74, 6) is -0.0291. The van der Waals surface area contributed by atoms with Gasteiger partial charge < -0.3 is 0 Å².